The molecule has 0 aliphatic rings. The minimum Gasteiger partial charge on any atom is -0.363 e. The summed E-state index contributed by atoms with van der Waals surface area (Å²) in [5.41, 5.74) is 0.924. The van der Waals surface area contributed by atoms with Crippen LogP contribution in [0.5, 0.6) is 0 Å². The zero-order valence-corrected chi connectivity index (χ0v) is 8.93. The number of rotatable bonds is 2. The summed E-state index contributed by atoms with van der Waals surface area (Å²) >= 11 is 7.15. The molecule has 0 aromatic carbocycles. The van der Waals surface area contributed by atoms with Crippen molar-refractivity contribution in [1.82, 2.24) is 15.2 Å². The summed E-state index contributed by atoms with van der Waals surface area (Å²) in [6, 6.07) is 3.60. The highest BCUT2D eigenvalue weighted by Gasteiger charge is 2.05. The van der Waals surface area contributed by atoms with Gasteiger partial charge in [0, 0.05) is 18.8 Å². The molecular formula is C8H7ClN4S. The molecule has 0 saturated heterocycles. The lowest BCUT2D eigenvalue weighted by atomic mass is 10.3. The first-order valence-electron chi connectivity index (χ1n) is 3.93. The van der Waals surface area contributed by atoms with E-state index in [9.17, 15) is 0 Å². The van der Waals surface area contributed by atoms with Gasteiger partial charge < -0.3 is 5.32 Å². The maximum absolute atomic E-state index is 5.68. The minimum atomic E-state index is 0.479. The van der Waals surface area contributed by atoms with E-state index in [1.54, 1.807) is 12.3 Å². The molecule has 2 heterocycles. The largest absolute Gasteiger partial charge is 0.363 e. The lowest BCUT2D eigenvalue weighted by molar-refractivity contribution is 1.09. The highest BCUT2D eigenvalue weighted by atomic mass is 35.5. The van der Waals surface area contributed by atoms with Crippen molar-refractivity contribution in [1.29, 1.82) is 0 Å². The van der Waals surface area contributed by atoms with Gasteiger partial charge in [-0.2, -0.15) is 0 Å². The molecule has 0 fully saturated rings. The Morgan fingerprint density at radius 1 is 1.36 bits per heavy atom. The van der Waals surface area contributed by atoms with Crippen molar-refractivity contribution in [2.24, 2.45) is 0 Å². The number of hydrogen-bond donors (Lipinski definition) is 1. The van der Waals surface area contributed by atoms with Crippen molar-refractivity contribution in [3.8, 4) is 10.6 Å². The number of anilines is 1. The third kappa shape index (κ3) is 1.83. The Kier molecular flexibility index (Phi) is 2.60. The lowest BCUT2D eigenvalue weighted by Crippen LogP contribution is -1.84. The number of halogens is 1. The molecule has 0 amide bonds. The fourth-order valence-electron chi connectivity index (χ4n) is 0.943. The average Bonchev–Trinajstić information content (AvgIpc) is 2.67. The van der Waals surface area contributed by atoms with Gasteiger partial charge in [0.1, 0.15) is 5.15 Å². The van der Waals surface area contributed by atoms with E-state index in [0.29, 0.717) is 5.15 Å². The molecular weight excluding hydrogens is 220 g/mol. The summed E-state index contributed by atoms with van der Waals surface area (Å²) in [5.74, 6) is 0. The predicted molar refractivity (Wildman–Crippen MR) is 57.7 cm³/mol. The molecule has 6 heteroatoms. The Hall–Kier alpha value is -1.20. The van der Waals surface area contributed by atoms with Gasteiger partial charge in [0.2, 0.25) is 5.13 Å². The van der Waals surface area contributed by atoms with Gasteiger partial charge in [0.05, 0.1) is 0 Å². The van der Waals surface area contributed by atoms with Crippen LogP contribution in [0.25, 0.3) is 10.6 Å². The summed E-state index contributed by atoms with van der Waals surface area (Å²) in [5, 5.41) is 13.0. The van der Waals surface area contributed by atoms with Gasteiger partial charge in [0.25, 0.3) is 0 Å². The summed E-state index contributed by atoms with van der Waals surface area (Å²) in [6.45, 7) is 0. The van der Waals surface area contributed by atoms with Gasteiger partial charge in [-0.05, 0) is 12.1 Å². The highest BCUT2D eigenvalue weighted by Crippen LogP contribution is 2.25. The van der Waals surface area contributed by atoms with Crippen molar-refractivity contribution in [3.05, 3.63) is 23.5 Å². The van der Waals surface area contributed by atoms with Gasteiger partial charge in [-0.3, -0.25) is 0 Å². The maximum atomic E-state index is 5.68. The number of pyridine rings is 1. The second-order valence-electron chi connectivity index (χ2n) is 2.53. The molecule has 0 spiro atoms. The van der Waals surface area contributed by atoms with Crippen LogP contribution >= 0.6 is 22.9 Å². The molecule has 0 bridgehead atoms. The SMILES string of the molecule is CNc1nnc(-c2ccc(Cl)nc2)s1. The molecule has 0 aliphatic carbocycles. The Bertz CT molecular complexity index is 425. The number of hydrogen-bond acceptors (Lipinski definition) is 5. The molecule has 2 aromatic heterocycles. The van der Waals surface area contributed by atoms with Crippen molar-refractivity contribution in [3.63, 3.8) is 0 Å². The molecule has 2 rings (SSSR count). The third-order valence-electron chi connectivity index (χ3n) is 1.61. The summed E-state index contributed by atoms with van der Waals surface area (Å²) in [4.78, 5) is 3.97. The fourth-order valence-corrected chi connectivity index (χ4v) is 1.74. The summed E-state index contributed by atoms with van der Waals surface area (Å²) in [7, 11) is 1.81. The third-order valence-corrected chi connectivity index (χ3v) is 2.83. The normalized spacial score (nSPS) is 10.1. The van der Waals surface area contributed by atoms with Crippen LogP contribution in [0.3, 0.4) is 0 Å². The Morgan fingerprint density at radius 3 is 2.79 bits per heavy atom. The van der Waals surface area contributed by atoms with Crippen molar-refractivity contribution in [2.45, 2.75) is 0 Å². The minimum absolute atomic E-state index is 0.479. The Labute approximate surface area is 90.0 Å². The van der Waals surface area contributed by atoms with E-state index in [-0.39, 0.29) is 0 Å². The quantitative estimate of drug-likeness (QED) is 0.799. The Balaban J connectivity index is 2.34. The average molecular weight is 227 g/mol. The zero-order chi connectivity index (χ0) is 9.97. The van der Waals surface area contributed by atoms with E-state index >= 15 is 0 Å². The summed E-state index contributed by atoms with van der Waals surface area (Å²) < 4.78 is 0. The molecule has 0 saturated carbocycles. The summed E-state index contributed by atoms with van der Waals surface area (Å²) in [6.07, 6.45) is 1.68. The van der Waals surface area contributed by atoms with Crippen LogP contribution in [0, 0.1) is 0 Å². The van der Waals surface area contributed by atoms with Gasteiger partial charge in [-0.15, -0.1) is 10.2 Å². The first-order valence-corrected chi connectivity index (χ1v) is 5.12. The van der Waals surface area contributed by atoms with E-state index in [4.69, 9.17) is 11.6 Å². The molecule has 1 N–H and O–H groups in total. The number of aromatic nitrogens is 3. The fraction of sp³-hybridized carbons (Fsp3) is 0.125. The predicted octanol–water partition coefficient (Wildman–Crippen LogP) is 2.30. The van der Waals surface area contributed by atoms with Gasteiger partial charge in [0.15, 0.2) is 5.01 Å². The molecule has 0 radical (unpaired) electrons. The molecule has 72 valence electrons. The Morgan fingerprint density at radius 2 is 2.21 bits per heavy atom. The van der Waals surface area contributed by atoms with Crippen LogP contribution in [0.15, 0.2) is 18.3 Å². The van der Waals surface area contributed by atoms with Crippen LogP contribution in [-0.4, -0.2) is 22.2 Å². The lowest BCUT2D eigenvalue weighted by Gasteiger charge is -1.93. The van der Waals surface area contributed by atoms with Crippen LogP contribution in [-0.2, 0) is 0 Å². The van der Waals surface area contributed by atoms with Crippen molar-refractivity contribution >= 4 is 28.1 Å². The van der Waals surface area contributed by atoms with Crippen molar-refractivity contribution < 1.29 is 0 Å². The first-order chi connectivity index (χ1) is 6.79. The molecule has 0 aliphatic heterocycles. The number of nitrogens with zero attached hydrogens (tertiary/aromatic N) is 3. The van der Waals surface area contributed by atoms with Crippen LogP contribution in [0.2, 0.25) is 5.15 Å². The van der Waals surface area contributed by atoms with E-state index in [1.807, 2.05) is 13.1 Å². The van der Waals surface area contributed by atoms with Gasteiger partial charge in [-0.25, -0.2) is 4.98 Å². The van der Waals surface area contributed by atoms with E-state index < -0.39 is 0 Å². The molecule has 0 unspecified atom stereocenters. The van der Waals surface area contributed by atoms with E-state index in [0.717, 1.165) is 15.7 Å². The van der Waals surface area contributed by atoms with E-state index in [2.05, 4.69) is 20.5 Å². The van der Waals surface area contributed by atoms with Gasteiger partial charge >= 0.3 is 0 Å². The topological polar surface area (TPSA) is 50.7 Å². The van der Waals surface area contributed by atoms with E-state index in [1.165, 1.54) is 11.3 Å². The standard InChI is InChI=1S/C8H7ClN4S/c1-10-8-13-12-7(14-8)5-2-3-6(9)11-4-5/h2-4H,1H3,(H,10,13). The zero-order valence-electron chi connectivity index (χ0n) is 7.36. The maximum Gasteiger partial charge on any atom is 0.205 e. The number of nitrogens with one attached hydrogen (secondary N) is 1. The van der Waals surface area contributed by atoms with Crippen LogP contribution in [0.1, 0.15) is 0 Å². The first kappa shape index (κ1) is 9.36. The van der Waals surface area contributed by atoms with Crippen molar-refractivity contribution in [2.75, 3.05) is 12.4 Å². The van der Waals surface area contributed by atoms with Gasteiger partial charge in [-0.1, -0.05) is 22.9 Å². The van der Waals surface area contributed by atoms with Crippen LogP contribution < -0.4 is 5.32 Å². The molecule has 4 nitrogen and oxygen atoms in total. The second-order valence-corrected chi connectivity index (χ2v) is 3.90. The molecule has 0 atom stereocenters. The molecule has 14 heavy (non-hydrogen) atoms. The van der Waals surface area contributed by atoms with Crippen LogP contribution in [0.4, 0.5) is 5.13 Å². The monoisotopic (exact) mass is 226 g/mol. The highest BCUT2D eigenvalue weighted by molar-refractivity contribution is 7.18. The second kappa shape index (κ2) is 3.89. The molecule has 2 aromatic rings. The smallest absolute Gasteiger partial charge is 0.205 e.